The van der Waals surface area contributed by atoms with E-state index in [-0.39, 0.29) is 13.0 Å². The minimum atomic E-state index is -3.90. The Morgan fingerprint density at radius 2 is 2.23 bits per heavy atom. The first-order valence-corrected chi connectivity index (χ1v) is 11.5. The molecular formula is C19H22N5O5S+. The lowest BCUT2D eigenvalue weighted by atomic mass is 9.96. The molecule has 3 atom stereocenters. The lowest BCUT2D eigenvalue weighted by Crippen LogP contribution is -2.63. The number of carboxylic acids is 1. The van der Waals surface area contributed by atoms with Gasteiger partial charge < -0.3 is 14.8 Å². The van der Waals surface area contributed by atoms with Crippen molar-refractivity contribution < 1.29 is 32.4 Å². The maximum Gasteiger partial charge on any atom is 0.282 e. The summed E-state index contributed by atoms with van der Waals surface area (Å²) in [5.41, 5.74) is 3.30. The number of fused-ring (bicyclic) bond motifs is 2. The van der Waals surface area contributed by atoms with Crippen LogP contribution in [0, 0.1) is 0 Å². The summed E-state index contributed by atoms with van der Waals surface area (Å²) in [5, 5.41) is 17.7. The Balaban J connectivity index is 1.43. The molecule has 2 aliphatic heterocycles. The van der Waals surface area contributed by atoms with Crippen molar-refractivity contribution >= 4 is 21.7 Å². The van der Waals surface area contributed by atoms with Gasteiger partial charge in [0.15, 0.2) is 27.9 Å². The third-order valence-electron chi connectivity index (χ3n) is 6.62. The van der Waals surface area contributed by atoms with Gasteiger partial charge >= 0.3 is 0 Å². The van der Waals surface area contributed by atoms with Gasteiger partial charge in [0.2, 0.25) is 12.5 Å². The summed E-state index contributed by atoms with van der Waals surface area (Å²) in [4.78, 5) is 24.6. The van der Waals surface area contributed by atoms with E-state index in [0.717, 1.165) is 24.2 Å². The monoisotopic (exact) mass is 432 g/mol. The standard InChI is InChI=1S/C19H21N5O5S/c1-19(17(18(26)27)24-15(25)8-16(24)30(19,28)29)11-23-10-13(20-21-23)9-22-7-3-5-12-4-2-6-14(12)22/h3,5,7,10,16-17H,2,4,6,8-9,11H2,1H3/p+1/t16-,17+,19+/m1/s1. The number of rotatable bonds is 5. The zero-order valence-electron chi connectivity index (χ0n) is 16.4. The number of aromatic amines is 1. The van der Waals surface area contributed by atoms with Gasteiger partial charge in [0.1, 0.15) is 16.7 Å². The molecule has 5 rings (SSSR count). The van der Waals surface area contributed by atoms with Crippen LogP contribution in [0.25, 0.3) is 0 Å². The largest absolute Gasteiger partial charge is 0.548 e. The van der Waals surface area contributed by atoms with Crippen LogP contribution in [-0.4, -0.2) is 51.7 Å². The van der Waals surface area contributed by atoms with Gasteiger partial charge in [-0.1, -0.05) is 5.21 Å². The molecule has 1 amide bonds. The van der Waals surface area contributed by atoms with E-state index in [1.54, 1.807) is 6.20 Å². The average molecular weight is 432 g/mol. The van der Waals surface area contributed by atoms with Gasteiger partial charge in [-0.05, 0) is 25.8 Å². The highest BCUT2D eigenvalue weighted by Crippen LogP contribution is 2.45. The number of sulfone groups is 1. The highest BCUT2D eigenvalue weighted by atomic mass is 32.2. The smallest absolute Gasteiger partial charge is 0.282 e. The Morgan fingerprint density at radius 1 is 1.43 bits per heavy atom. The number of carboxylic acid groups (broad SMARTS) is 1. The number of nitrogens with one attached hydrogen (secondary N) is 1. The number of aryl methyl sites for hydroxylation is 1. The fraction of sp³-hybridized carbons (Fsp3) is 0.526. The van der Waals surface area contributed by atoms with Crippen LogP contribution in [0.2, 0.25) is 0 Å². The molecular weight excluding hydrogens is 410 g/mol. The van der Waals surface area contributed by atoms with E-state index in [1.165, 1.54) is 22.9 Å². The normalized spacial score (nSPS) is 28.8. The van der Waals surface area contributed by atoms with E-state index in [1.807, 2.05) is 12.3 Å². The molecule has 0 unspecified atom stereocenters. The van der Waals surface area contributed by atoms with E-state index in [0.29, 0.717) is 12.2 Å². The van der Waals surface area contributed by atoms with Crippen LogP contribution in [0.5, 0.6) is 0 Å². The van der Waals surface area contributed by atoms with Gasteiger partial charge in [-0.3, -0.25) is 4.79 Å². The average Bonchev–Trinajstić information content (AvgIpc) is 3.35. The Morgan fingerprint density at radius 3 is 2.97 bits per heavy atom. The molecule has 10 nitrogen and oxygen atoms in total. The molecule has 0 saturated carbocycles. The Labute approximate surface area is 173 Å². The second kappa shape index (κ2) is 6.34. The quantitative estimate of drug-likeness (QED) is 0.407. The molecule has 2 aromatic rings. The van der Waals surface area contributed by atoms with Crippen molar-refractivity contribution in [1.29, 1.82) is 0 Å². The number of pyridine rings is 1. The van der Waals surface area contributed by atoms with Crippen molar-refractivity contribution in [1.82, 2.24) is 15.2 Å². The van der Waals surface area contributed by atoms with Gasteiger partial charge in [-0.25, -0.2) is 8.42 Å². The second-order valence-corrected chi connectivity index (χ2v) is 11.0. The Hall–Kier alpha value is -2.82. The summed E-state index contributed by atoms with van der Waals surface area (Å²) >= 11 is 0. The fourth-order valence-corrected chi connectivity index (χ4v) is 7.43. The first kappa shape index (κ1) is 19.2. The molecule has 30 heavy (non-hydrogen) atoms. The van der Waals surface area contributed by atoms with Crippen molar-refractivity contribution in [3.05, 3.63) is 41.5 Å². The highest BCUT2D eigenvalue weighted by Gasteiger charge is 2.68. The highest BCUT2D eigenvalue weighted by molar-refractivity contribution is 7.93. The molecule has 3 aliphatic rings. The number of amides is 1. The van der Waals surface area contributed by atoms with Crippen molar-refractivity contribution in [2.75, 3.05) is 0 Å². The summed E-state index contributed by atoms with van der Waals surface area (Å²) in [5.74, 6) is -2.04. The number of aromatic nitrogens is 4. The zero-order chi connectivity index (χ0) is 21.3. The molecule has 1 N–H and O–H groups in total. The van der Waals surface area contributed by atoms with Crippen LogP contribution in [0.1, 0.15) is 36.7 Å². The first-order valence-electron chi connectivity index (χ1n) is 9.92. The molecule has 158 valence electrons. The van der Waals surface area contributed by atoms with E-state index in [2.05, 4.69) is 20.9 Å². The molecule has 0 bridgehead atoms. The van der Waals surface area contributed by atoms with Gasteiger partial charge in [-0.2, -0.15) is 9.25 Å². The van der Waals surface area contributed by atoms with E-state index in [4.69, 9.17) is 0 Å². The molecule has 1 aliphatic carbocycles. The summed E-state index contributed by atoms with van der Waals surface area (Å²) < 4.78 is 28.0. The summed E-state index contributed by atoms with van der Waals surface area (Å²) in [6.07, 6.45) is 6.69. The third-order valence-corrected chi connectivity index (χ3v) is 9.38. The zero-order valence-corrected chi connectivity index (χ0v) is 17.3. The van der Waals surface area contributed by atoms with Crippen molar-refractivity contribution in [3.63, 3.8) is 0 Å². The Bertz CT molecular complexity index is 1180. The number of carbonyl (C=O) groups is 2. The number of aliphatic carboxylic acids is 1. The Kier molecular flexibility index (Phi) is 4.05. The van der Waals surface area contributed by atoms with Gasteiger partial charge in [0.25, 0.3) is 5.69 Å². The molecule has 2 aromatic heterocycles. The van der Waals surface area contributed by atoms with E-state index < -0.39 is 37.9 Å². The predicted octanol–water partition coefficient (Wildman–Crippen LogP) is -2.61. The van der Waals surface area contributed by atoms with Crippen molar-refractivity contribution in [2.45, 2.75) is 61.9 Å². The minimum absolute atomic E-state index is 0.168. The molecule has 0 spiro atoms. The van der Waals surface area contributed by atoms with Crippen LogP contribution in [0.3, 0.4) is 0 Å². The number of carbonyl (C=O) groups excluding carboxylic acids is 2. The predicted molar refractivity (Wildman–Crippen MR) is 97.9 cm³/mol. The number of hydrogen-bond acceptors (Lipinski definition) is 6. The molecule has 0 radical (unpaired) electrons. The van der Waals surface area contributed by atoms with Crippen LogP contribution >= 0.6 is 0 Å². The van der Waals surface area contributed by atoms with Gasteiger partial charge in [-0.15, -0.1) is 0 Å². The van der Waals surface area contributed by atoms with Crippen LogP contribution < -0.4 is 14.4 Å². The van der Waals surface area contributed by atoms with Crippen molar-refractivity contribution in [3.8, 4) is 0 Å². The van der Waals surface area contributed by atoms with Crippen LogP contribution in [0.15, 0.2) is 24.5 Å². The van der Waals surface area contributed by atoms with E-state index >= 15 is 0 Å². The number of nitrogens with zero attached hydrogens (tertiary/aromatic N) is 4. The maximum atomic E-state index is 13.0. The fourth-order valence-electron chi connectivity index (χ4n) is 5.07. The molecule has 2 saturated heterocycles. The number of H-pyrrole nitrogens is 1. The van der Waals surface area contributed by atoms with Crippen LogP contribution in [-0.2, 0) is 45.4 Å². The lowest BCUT2D eigenvalue weighted by Gasteiger charge is -2.38. The molecule has 2 fully saturated rings. The second-order valence-electron chi connectivity index (χ2n) is 8.46. The van der Waals surface area contributed by atoms with Gasteiger partial charge in [0.05, 0.1) is 18.4 Å². The summed E-state index contributed by atoms with van der Waals surface area (Å²) in [6, 6.07) is 2.60. The minimum Gasteiger partial charge on any atom is -0.548 e. The topological polar surface area (TPSA) is 131 Å². The number of hydrogen-bond donors (Lipinski definition) is 1. The van der Waals surface area contributed by atoms with Crippen molar-refractivity contribution in [2.24, 2.45) is 0 Å². The summed E-state index contributed by atoms with van der Waals surface area (Å²) in [6.45, 7) is 1.72. The maximum absolute atomic E-state index is 13.0. The number of β-lactam (4-membered cyclic amide) rings is 1. The molecule has 0 aromatic carbocycles. The first-order chi connectivity index (χ1) is 14.2. The SMILES string of the molecule is C[C@]1(C[n+]2cc(C[n+]3cccc4c3CCC4)n[nH]2)[C@H](C(=O)[O-])N2C(=O)C[C@H]2S1(=O)=O. The van der Waals surface area contributed by atoms with E-state index in [9.17, 15) is 23.1 Å². The molecule has 4 heterocycles. The third kappa shape index (κ3) is 2.54. The van der Waals surface area contributed by atoms with Gasteiger partial charge in [0, 0.05) is 23.1 Å². The molecule has 11 heteroatoms. The summed E-state index contributed by atoms with van der Waals surface area (Å²) in [7, 11) is -3.90. The van der Waals surface area contributed by atoms with Crippen LogP contribution in [0.4, 0.5) is 0 Å². The lowest BCUT2D eigenvalue weighted by molar-refractivity contribution is -0.757.